The molecule has 0 fully saturated rings. The quantitative estimate of drug-likeness (QED) is 0.544. The highest BCUT2D eigenvalue weighted by molar-refractivity contribution is 6.32. The van der Waals surface area contributed by atoms with Crippen LogP contribution in [-0.2, 0) is 10.2 Å². The lowest BCUT2D eigenvalue weighted by molar-refractivity contribution is -0.384. The number of nitro groups is 1. The first-order chi connectivity index (χ1) is 13.0. The van der Waals surface area contributed by atoms with E-state index >= 15 is 0 Å². The van der Waals surface area contributed by atoms with Crippen molar-refractivity contribution in [3.8, 4) is 0 Å². The third kappa shape index (κ3) is 5.29. The normalized spacial score (nSPS) is 12.3. The van der Waals surface area contributed by atoms with Gasteiger partial charge in [-0.25, -0.2) is 0 Å². The standard InChI is InChI=1S/C20H21ClN2O5/c1-20(2,3)14-7-4-12(5-8-14)16(11-18(24)25)22-19(26)13-6-9-15(21)17(10-13)23(27)28/h4-10,16H,11H2,1-3H3,(H,22,26)(H,24,25)/t16-/m0/s1. The molecule has 2 rings (SSSR count). The molecule has 0 saturated heterocycles. The van der Waals surface area contributed by atoms with Gasteiger partial charge in [-0.3, -0.25) is 19.7 Å². The van der Waals surface area contributed by atoms with Gasteiger partial charge in [0.05, 0.1) is 17.4 Å². The molecule has 2 aromatic rings. The minimum atomic E-state index is -1.08. The molecule has 0 unspecified atom stereocenters. The van der Waals surface area contributed by atoms with E-state index in [0.29, 0.717) is 5.56 Å². The summed E-state index contributed by atoms with van der Waals surface area (Å²) in [5.41, 5.74) is 1.28. The lowest BCUT2D eigenvalue weighted by Gasteiger charge is -2.22. The molecule has 0 radical (unpaired) electrons. The third-order valence-electron chi connectivity index (χ3n) is 4.27. The number of nitro benzene ring substituents is 1. The average molecular weight is 405 g/mol. The SMILES string of the molecule is CC(C)(C)c1ccc([C@H](CC(=O)O)NC(=O)c2ccc(Cl)c([N+](=O)[O-])c2)cc1. The average Bonchev–Trinajstić information content (AvgIpc) is 2.60. The Morgan fingerprint density at radius 2 is 1.79 bits per heavy atom. The molecule has 8 heteroatoms. The molecule has 0 aliphatic carbocycles. The Labute approximate surface area is 167 Å². The largest absolute Gasteiger partial charge is 0.481 e. The van der Waals surface area contributed by atoms with Crippen molar-refractivity contribution < 1.29 is 19.6 Å². The molecule has 2 aromatic carbocycles. The zero-order valence-electron chi connectivity index (χ0n) is 15.7. The predicted octanol–water partition coefficient (Wildman–Crippen LogP) is 4.49. The van der Waals surface area contributed by atoms with Gasteiger partial charge >= 0.3 is 5.97 Å². The van der Waals surface area contributed by atoms with E-state index in [1.807, 2.05) is 12.1 Å². The summed E-state index contributed by atoms with van der Waals surface area (Å²) < 4.78 is 0. The van der Waals surface area contributed by atoms with Crippen LogP contribution in [0.5, 0.6) is 0 Å². The minimum absolute atomic E-state index is 0.0257. The van der Waals surface area contributed by atoms with Gasteiger partial charge in [0.15, 0.2) is 0 Å². The van der Waals surface area contributed by atoms with Crippen molar-refractivity contribution in [3.05, 3.63) is 74.3 Å². The van der Waals surface area contributed by atoms with Crippen molar-refractivity contribution in [3.63, 3.8) is 0 Å². The predicted molar refractivity (Wildman–Crippen MR) is 106 cm³/mol. The summed E-state index contributed by atoms with van der Waals surface area (Å²) in [4.78, 5) is 34.1. The van der Waals surface area contributed by atoms with Crippen molar-refractivity contribution in [2.45, 2.75) is 38.6 Å². The van der Waals surface area contributed by atoms with E-state index in [1.54, 1.807) is 12.1 Å². The number of carboxylic acid groups (broad SMARTS) is 1. The van der Waals surface area contributed by atoms with Crippen LogP contribution >= 0.6 is 11.6 Å². The molecule has 0 aliphatic rings. The fourth-order valence-electron chi connectivity index (χ4n) is 2.68. The molecule has 0 bridgehead atoms. The minimum Gasteiger partial charge on any atom is -0.481 e. The number of hydrogen-bond acceptors (Lipinski definition) is 4. The summed E-state index contributed by atoms with van der Waals surface area (Å²) in [6.07, 6.45) is -0.323. The van der Waals surface area contributed by atoms with E-state index < -0.39 is 28.5 Å². The Kier molecular flexibility index (Phi) is 6.41. The van der Waals surface area contributed by atoms with E-state index in [2.05, 4.69) is 26.1 Å². The second kappa shape index (κ2) is 8.39. The first kappa shape index (κ1) is 21.4. The number of aliphatic carboxylic acids is 1. The van der Waals surface area contributed by atoms with Crippen molar-refractivity contribution >= 4 is 29.2 Å². The molecular weight excluding hydrogens is 384 g/mol. The van der Waals surface area contributed by atoms with Gasteiger partial charge in [-0.05, 0) is 28.7 Å². The maximum absolute atomic E-state index is 12.6. The molecule has 148 valence electrons. The zero-order valence-corrected chi connectivity index (χ0v) is 16.5. The number of carboxylic acids is 1. The zero-order chi connectivity index (χ0) is 21.1. The second-order valence-corrected chi connectivity index (χ2v) is 7.83. The van der Waals surface area contributed by atoms with Crippen molar-refractivity contribution in [2.24, 2.45) is 0 Å². The summed E-state index contributed by atoms with van der Waals surface area (Å²) in [7, 11) is 0. The first-order valence-electron chi connectivity index (χ1n) is 8.56. The summed E-state index contributed by atoms with van der Waals surface area (Å²) >= 11 is 5.77. The summed E-state index contributed by atoms with van der Waals surface area (Å²) in [5, 5.41) is 22.8. The molecule has 0 saturated carbocycles. The van der Waals surface area contributed by atoms with E-state index in [0.717, 1.165) is 11.6 Å². The highest BCUT2D eigenvalue weighted by Crippen LogP contribution is 2.27. The monoisotopic (exact) mass is 404 g/mol. The Morgan fingerprint density at radius 3 is 2.29 bits per heavy atom. The lowest BCUT2D eigenvalue weighted by atomic mass is 9.86. The number of hydrogen-bond donors (Lipinski definition) is 2. The maximum atomic E-state index is 12.6. The Hall–Kier alpha value is -2.93. The third-order valence-corrected chi connectivity index (χ3v) is 4.59. The number of rotatable bonds is 6. The molecule has 7 nitrogen and oxygen atoms in total. The molecule has 28 heavy (non-hydrogen) atoms. The molecule has 0 spiro atoms. The van der Waals surface area contributed by atoms with E-state index in [-0.39, 0.29) is 22.4 Å². The number of carbonyl (C=O) groups is 2. The van der Waals surface area contributed by atoms with Gasteiger partial charge in [-0.2, -0.15) is 0 Å². The summed E-state index contributed by atoms with van der Waals surface area (Å²) in [6, 6.07) is 10.2. The van der Waals surface area contributed by atoms with Gasteiger partial charge in [0.1, 0.15) is 5.02 Å². The Balaban J connectivity index is 2.29. The Bertz CT molecular complexity index is 904. The van der Waals surface area contributed by atoms with Crippen molar-refractivity contribution in [1.29, 1.82) is 0 Å². The molecule has 0 heterocycles. The fraction of sp³-hybridized carbons (Fsp3) is 0.300. The number of benzene rings is 2. The number of nitrogens with one attached hydrogen (secondary N) is 1. The number of amides is 1. The van der Waals surface area contributed by atoms with Gasteiger partial charge in [0.2, 0.25) is 0 Å². The van der Waals surface area contributed by atoms with E-state index in [9.17, 15) is 24.8 Å². The van der Waals surface area contributed by atoms with Crippen LogP contribution in [0, 0.1) is 10.1 Å². The number of halogens is 1. The smallest absolute Gasteiger partial charge is 0.305 e. The fourth-order valence-corrected chi connectivity index (χ4v) is 2.86. The number of nitrogens with zero attached hydrogens (tertiary/aromatic N) is 1. The molecule has 2 N–H and O–H groups in total. The van der Waals surface area contributed by atoms with Crippen molar-refractivity contribution in [2.75, 3.05) is 0 Å². The molecule has 0 aromatic heterocycles. The topological polar surface area (TPSA) is 110 Å². The van der Waals surface area contributed by atoms with Crippen LogP contribution in [0.1, 0.15) is 54.7 Å². The summed E-state index contributed by atoms with van der Waals surface area (Å²) in [6.45, 7) is 6.18. The van der Waals surface area contributed by atoms with E-state index in [1.165, 1.54) is 12.1 Å². The highest BCUT2D eigenvalue weighted by atomic mass is 35.5. The van der Waals surface area contributed by atoms with Gasteiger partial charge in [-0.15, -0.1) is 0 Å². The van der Waals surface area contributed by atoms with Gasteiger partial charge in [0, 0.05) is 11.6 Å². The molecule has 1 atom stereocenters. The maximum Gasteiger partial charge on any atom is 0.305 e. The van der Waals surface area contributed by atoms with Gasteiger partial charge in [0.25, 0.3) is 11.6 Å². The first-order valence-corrected chi connectivity index (χ1v) is 8.94. The van der Waals surface area contributed by atoms with E-state index in [4.69, 9.17) is 11.6 Å². The number of carbonyl (C=O) groups excluding carboxylic acids is 1. The molecule has 1 amide bonds. The molecule has 0 aliphatic heterocycles. The van der Waals surface area contributed by atoms with Crippen LogP contribution in [0.4, 0.5) is 5.69 Å². The Morgan fingerprint density at radius 1 is 1.18 bits per heavy atom. The van der Waals surface area contributed by atoms with Gasteiger partial charge in [-0.1, -0.05) is 56.6 Å². The van der Waals surface area contributed by atoms with Gasteiger partial charge < -0.3 is 10.4 Å². The second-order valence-electron chi connectivity index (χ2n) is 7.42. The van der Waals surface area contributed by atoms with Crippen molar-refractivity contribution in [1.82, 2.24) is 5.32 Å². The van der Waals surface area contributed by atoms with Crippen LogP contribution in [-0.4, -0.2) is 21.9 Å². The highest BCUT2D eigenvalue weighted by Gasteiger charge is 2.22. The van der Waals surface area contributed by atoms with Crippen LogP contribution in [0.3, 0.4) is 0 Å². The van der Waals surface area contributed by atoms with Crippen LogP contribution < -0.4 is 5.32 Å². The van der Waals surface area contributed by atoms with Crippen LogP contribution in [0.15, 0.2) is 42.5 Å². The van der Waals surface area contributed by atoms with Crippen LogP contribution in [0.2, 0.25) is 5.02 Å². The lowest BCUT2D eigenvalue weighted by Crippen LogP contribution is -2.30. The summed E-state index contributed by atoms with van der Waals surface area (Å²) in [5.74, 6) is -1.70. The molecular formula is C20H21ClN2O5. The van der Waals surface area contributed by atoms with Crippen LogP contribution in [0.25, 0.3) is 0 Å².